The Kier molecular flexibility index (Phi) is 6.05. The van der Waals surface area contributed by atoms with Gasteiger partial charge in [0.25, 0.3) is 0 Å². The van der Waals surface area contributed by atoms with E-state index in [9.17, 15) is 18.0 Å². The third-order valence-corrected chi connectivity index (χ3v) is 6.12. The Hall–Kier alpha value is -2.78. The summed E-state index contributed by atoms with van der Waals surface area (Å²) in [5.41, 5.74) is 5.45. The minimum atomic E-state index is -4.40. The van der Waals surface area contributed by atoms with E-state index in [0.717, 1.165) is 33.5 Å². The number of morpholine rings is 1. The Bertz CT molecular complexity index is 1220. The highest BCUT2D eigenvalue weighted by Crippen LogP contribution is 2.34. The number of Topliss-reactive ketones (excluding diaryl/α,β-unsaturated/α-hetero) is 1. The first-order valence-corrected chi connectivity index (χ1v) is 10.8. The number of aromatic nitrogens is 3. The Balaban J connectivity index is 1.74. The molecule has 0 aliphatic carbocycles. The van der Waals surface area contributed by atoms with Crippen molar-refractivity contribution in [3.05, 3.63) is 46.9 Å². The van der Waals surface area contributed by atoms with Gasteiger partial charge in [-0.1, -0.05) is 12.1 Å². The number of nitrogens with zero attached hydrogens (tertiary/aromatic N) is 4. The second-order valence-corrected chi connectivity index (χ2v) is 8.80. The zero-order chi connectivity index (χ0) is 24.1. The molecule has 1 aliphatic rings. The highest BCUT2D eigenvalue weighted by molar-refractivity contribution is 6.02. The number of fused-ring (bicyclic) bond motifs is 1. The maximum absolute atomic E-state index is 13.2. The molecule has 0 spiro atoms. The summed E-state index contributed by atoms with van der Waals surface area (Å²) in [6, 6.07) is 7.48. The van der Waals surface area contributed by atoms with Crippen molar-refractivity contribution in [1.29, 1.82) is 0 Å². The van der Waals surface area contributed by atoms with Gasteiger partial charge in [0, 0.05) is 50.2 Å². The Labute approximate surface area is 190 Å². The molecule has 6 nitrogen and oxygen atoms in total. The molecular weight excluding hydrogens is 433 g/mol. The quantitative estimate of drug-likeness (QED) is 0.533. The minimum absolute atomic E-state index is 0.155. The predicted octanol–water partition coefficient (Wildman–Crippen LogP) is 4.61. The smallest absolute Gasteiger partial charge is 0.363 e. The van der Waals surface area contributed by atoms with Gasteiger partial charge < -0.3 is 4.74 Å². The number of rotatable bonds is 4. The fraction of sp³-hybridized carbons (Fsp3) is 0.458. The first-order chi connectivity index (χ1) is 15.4. The van der Waals surface area contributed by atoms with Crippen molar-refractivity contribution in [2.24, 2.45) is 7.05 Å². The van der Waals surface area contributed by atoms with Gasteiger partial charge in [-0.25, -0.2) is 4.98 Å². The monoisotopic (exact) mass is 460 g/mol. The number of benzene rings is 1. The highest BCUT2D eigenvalue weighted by atomic mass is 19.4. The van der Waals surface area contributed by atoms with Crippen LogP contribution in [0.4, 0.5) is 13.2 Å². The fourth-order valence-corrected chi connectivity index (χ4v) is 4.53. The van der Waals surface area contributed by atoms with E-state index in [1.54, 1.807) is 22.6 Å². The maximum atomic E-state index is 13.2. The van der Waals surface area contributed by atoms with Gasteiger partial charge in [0.05, 0.1) is 17.3 Å². The summed E-state index contributed by atoms with van der Waals surface area (Å²) in [5.74, 6) is -0.155. The van der Waals surface area contributed by atoms with Gasteiger partial charge in [0.1, 0.15) is 5.69 Å². The highest BCUT2D eigenvalue weighted by Gasteiger charge is 2.44. The van der Waals surface area contributed by atoms with Crippen LogP contribution in [0.5, 0.6) is 0 Å². The number of alkyl halides is 3. The summed E-state index contributed by atoms with van der Waals surface area (Å²) >= 11 is 0. The zero-order valence-electron chi connectivity index (χ0n) is 19.3. The number of hydrogen-bond donors (Lipinski definition) is 0. The van der Waals surface area contributed by atoms with Crippen molar-refractivity contribution in [2.45, 2.75) is 52.6 Å². The van der Waals surface area contributed by atoms with Crippen molar-refractivity contribution in [1.82, 2.24) is 19.7 Å². The van der Waals surface area contributed by atoms with Gasteiger partial charge in [-0.3, -0.25) is 14.4 Å². The van der Waals surface area contributed by atoms with Crippen molar-refractivity contribution < 1.29 is 22.7 Å². The summed E-state index contributed by atoms with van der Waals surface area (Å²) in [4.78, 5) is 18.5. The summed E-state index contributed by atoms with van der Waals surface area (Å²) < 4.78 is 46.6. The van der Waals surface area contributed by atoms with Crippen LogP contribution in [0.3, 0.4) is 0 Å². The van der Waals surface area contributed by atoms with E-state index >= 15 is 0 Å². The molecule has 2 atom stereocenters. The second kappa shape index (κ2) is 8.53. The molecule has 176 valence electrons. The molecule has 2 aromatic heterocycles. The van der Waals surface area contributed by atoms with Crippen LogP contribution in [0.2, 0.25) is 0 Å². The van der Waals surface area contributed by atoms with Crippen LogP contribution in [-0.4, -0.2) is 56.9 Å². The SMILES string of the molecule is CC(=O)c1cc(-c2c(C)nn(C)c2C)c2ccc(CN3C[C@@H](C)O[C@@H](C(F)(F)F)C3)cc2n1. The normalized spacial score (nSPS) is 19.9. The standard InChI is InChI=1S/C24H27F3N4O2/c1-13-10-31(12-22(33-13)24(25,26)27)11-17-6-7-18-19(23-14(2)29-30(5)15(23)3)9-20(16(4)32)28-21(18)8-17/h6-9,13,22H,10-12H2,1-5H3/t13-,22-/m1/s1. The molecule has 0 radical (unpaired) electrons. The van der Waals surface area contributed by atoms with Crippen LogP contribution < -0.4 is 0 Å². The van der Waals surface area contributed by atoms with Crippen molar-refractivity contribution in [2.75, 3.05) is 13.1 Å². The molecule has 0 saturated carbocycles. The molecule has 0 N–H and O–H groups in total. The number of ketones is 1. The molecule has 4 rings (SSSR count). The van der Waals surface area contributed by atoms with Gasteiger partial charge in [0.15, 0.2) is 11.9 Å². The summed E-state index contributed by atoms with van der Waals surface area (Å²) in [6.07, 6.45) is -6.72. The molecule has 0 unspecified atom stereocenters. The van der Waals surface area contributed by atoms with E-state index in [2.05, 4.69) is 10.1 Å². The molecule has 0 amide bonds. The van der Waals surface area contributed by atoms with E-state index in [1.807, 2.05) is 39.1 Å². The lowest BCUT2D eigenvalue weighted by Crippen LogP contribution is -2.51. The van der Waals surface area contributed by atoms with E-state index in [4.69, 9.17) is 4.74 Å². The van der Waals surface area contributed by atoms with Gasteiger partial charge in [-0.2, -0.15) is 18.3 Å². The van der Waals surface area contributed by atoms with Gasteiger partial charge in [-0.05, 0) is 44.0 Å². The average Bonchev–Trinajstić information content (AvgIpc) is 2.97. The van der Waals surface area contributed by atoms with Crippen molar-refractivity contribution >= 4 is 16.7 Å². The van der Waals surface area contributed by atoms with E-state index < -0.39 is 18.4 Å². The molecule has 1 aliphatic heterocycles. The van der Waals surface area contributed by atoms with Crippen LogP contribution in [0, 0.1) is 13.8 Å². The Morgan fingerprint density at radius 2 is 1.94 bits per heavy atom. The Morgan fingerprint density at radius 1 is 1.21 bits per heavy atom. The predicted molar refractivity (Wildman–Crippen MR) is 119 cm³/mol. The van der Waals surface area contributed by atoms with Gasteiger partial charge >= 0.3 is 6.18 Å². The number of carbonyl (C=O) groups is 1. The topological polar surface area (TPSA) is 60.2 Å². The first-order valence-electron chi connectivity index (χ1n) is 10.8. The number of pyridine rings is 1. The minimum Gasteiger partial charge on any atom is -0.363 e. The molecule has 3 aromatic rings. The van der Waals surface area contributed by atoms with Crippen molar-refractivity contribution in [3.63, 3.8) is 0 Å². The van der Waals surface area contributed by atoms with Gasteiger partial charge in [-0.15, -0.1) is 0 Å². The molecule has 3 heterocycles. The lowest BCUT2D eigenvalue weighted by atomic mass is 9.97. The van der Waals surface area contributed by atoms with Crippen LogP contribution in [0.1, 0.15) is 41.3 Å². The Morgan fingerprint density at radius 3 is 2.55 bits per heavy atom. The number of aryl methyl sites for hydroxylation is 2. The summed E-state index contributed by atoms with van der Waals surface area (Å²) in [5, 5.41) is 5.37. The third kappa shape index (κ3) is 4.65. The molecule has 0 bridgehead atoms. The lowest BCUT2D eigenvalue weighted by molar-refractivity contribution is -0.252. The van der Waals surface area contributed by atoms with Gasteiger partial charge in [0.2, 0.25) is 0 Å². The summed E-state index contributed by atoms with van der Waals surface area (Å²) in [7, 11) is 1.87. The van der Waals surface area contributed by atoms with Crippen LogP contribution >= 0.6 is 0 Å². The van der Waals surface area contributed by atoms with Crippen LogP contribution in [0.15, 0.2) is 24.3 Å². The van der Waals surface area contributed by atoms with Crippen LogP contribution in [-0.2, 0) is 18.3 Å². The van der Waals surface area contributed by atoms with E-state index in [-0.39, 0.29) is 12.3 Å². The largest absolute Gasteiger partial charge is 0.415 e. The van der Waals surface area contributed by atoms with E-state index in [0.29, 0.717) is 24.3 Å². The van der Waals surface area contributed by atoms with Crippen LogP contribution in [0.25, 0.3) is 22.0 Å². The molecule has 1 aromatic carbocycles. The third-order valence-electron chi connectivity index (χ3n) is 6.12. The number of hydrogen-bond acceptors (Lipinski definition) is 5. The molecular formula is C24H27F3N4O2. The number of ether oxygens (including phenoxy) is 1. The number of halogens is 3. The average molecular weight is 461 g/mol. The zero-order valence-corrected chi connectivity index (χ0v) is 19.3. The molecule has 1 saturated heterocycles. The number of carbonyl (C=O) groups excluding carboxylic acids is 1. The fourth-order valence-electron chi connectivity index (χ4n) is 4.53. The van der Waals surface area contributed by atoms with Crippen molar-refractivity contribution in [3.8, 4) is 11.1 Å². The second-order valence-electron chi connectivity index (χ2n) is 8.80. The molecule has 1 fully saturated rings. The molecule has 9 heteroatoms. The summed E-state index contributed by atoms with van der Waals surface area (Å²) in [6.45, 7) is 7.54. The first kappa shape index (κ1) is 23.4. The lowest BCUT2D eigenvalue weighted by Gasteiger charge is -2.37. The molecule has 33 heavy (non-hydrogen) atoms. The van der Waals surface area contributed by atoms with E-state index in [1.165, 1.54) is 6.92 Å². The maximum Gasteiger partial charge on any atom is 0.415 e.